The van der Waals surface area contributed by atoms with E-state index in [1.165, 1.54) is 17.3 Å². The molecule has 4 rings (SSSR count). The lowest BCUT2D eigenvalue weighted by molar-refractivity contribution is -0.113. The first kappa shape index (κ1) is 18.8. The SMILES string of the molecule is Cc1ccc(-n2cnnc2SCC(=O)Nc2cnc(-c3ccccc3)nc2)cc1. The van der Waals surface area contributed by atoms with Gasteiger partial charge in [-0.25, -0.2) is 9.97 Å². The Kier molecular flexibility index (Phi) is 5.62. The van der Waals surface area contributed by atoms with Crippen molar-refractivity contribution < 1.29 is 4.79 Å². The molecule has 0 radical (unpaired) electrons. The second kappa shape index (κ2) is 8.66. The number of carbonyl (C=O) groups excluding carboxylic acids is 1. The van der Waals surface area contributed by atoms with Crippen LogP contribution in [0.25, 0.3) is 17.1 Å². The monoisotopic (exact) mass is 402 g/mol. The zero-order chi connectivity index (χ0) is 20.1. The Bertz CT molecular complexity index is 1090. The molecule has 0 unspecified atom stereocenters. The molecule has 8 heteroatoms. The molecule has 1 amide bonds. The molecule has 0 aliphatic rings. The first-order valence-corrected chi connectivity index (χ1v) is 9.95. The van der Waals surface area contributed by atoms with Gasteiger partial charge in [-0.1, -0.05) is 59.8 Å². The Morgan fingerprint density at radius 1 is 1.03 bits per heavy atom. The van der Waals surface area contributed by atoms with Crippen LogP contribution in [0, 0.1) is 6.92 Å². The van der Waals surface area contributed by atoms with Crippen molar-refractivity contribution >= 4 is 23.4 Å². The smallest absolute Gasteiger partial charge is 0.234 e. The summed E-state index contributed by atoms with van der Waals surface area (Å²) < 4.78 is 1.86. The van der Waals surface area contributed by atoms with Gasteiger partial charge in [0.1, 0.15) is 6.33 Å². The number of nitrogens with zero attached hydrogens (tertiary/aromatic N) is 5. The minimum absolute atomic E-state index is 0.162. The number of anilines is 1. The third kappa shape index (κ3) is 4.67. The third-order valence-corrected chi connectivity index (χ3v) is 5.07. The fraction of sp³-hybridized carbons (Fsp3) is 0.0952. The fourth-order valence-corrected chi connectivity index (χ4v) is 3.39. The van der Waals surface area contributed by atoms with Crippen LogP contribution in [-0.2, 0) is 4.79 Å². The van der Waals surface area contributed by atoms with Crippen LogP contribution in [-0.4, -0.2) is 36.4 Å². The van der Waals surface area contributed by atoms with E-state index in [1.54, 1.807) is 18.7 Å². The largest absolute Gasteiger partial charge is 0.323 e. The summed E-state index contributed by atoms with van der Waals surface area (Å²) in [5.41, 5.74) is 3.61. The van der Waals surface area contributed by atoms with Crippen molar-refractivity contribution in [2.75, 3.05) is 11.1 Å². The molecule has 0 aliphatic heterocycles. The molecule has 144 valence electrons. The number of aromatic nitrogens is 5. The molecule has 7 nitrogen and oxygen atoms in total. The Labute approximate surface area is 172 Å². The molecular weight excluding hydrogens is 384 g/mol. The van der Waals surface area contributed by atoms with Crippen LogP contribution >= 0.6 is 11.8 Å². The summed E-state index contributed by atoms with van der Waals surface area (Å²) in [6, 6.07) is 17.7. The van der Waals surface area contributed by atoms with Crippen molar-refractivity contribution in [3.05, 3.63) is 78.9 Å². The highest BCUT2D eigenvalue weighted by Crippen LogP contribution is 2.20. The van der Waals surface area contributed by atoms with Crippen molar-refractivity contribution in [3.8, 4) is 17.1 Å². The van der Waals surface area contributed by atoms with Gasteiger partial charge in [0.15, 0.2) is 11.0 Å². The van der Waals surface area contributed by atoms with Crippen LogP contribution in [0.2, 0.25) is 0 Å². The molecule has 0 bridgehead atoms. The molecule has 2 aromatic heterocycles. The predicted molar refractivity (Wildman–Crippen MR) is 113 cm³/mol. The molecule has 0 aliphatic carbocycles. The lowest BCUT2D eigenvalue weighted by atomic mass is 10.2. The molecule has 0 saturated heterocycles. The quantitative estimate of drug-likeness (QED) is 0.494. The summed E-state index contributed by atoms with van der Waals surface area (Å²) in [5, 5.41) is 11.5. The van der Waals surface area contributed by atoms with E-state index in [4.69, 9.17) is 0 Å². The third-order valence-electron chi connectivity index (χ3n) is 4.13. The summed E-state index contributed by atoms with van der Waals surface area (Å²) in [4.78, 5) is 20.9. The van der Waals surface area contributed by atoms with Crippen molar-refractivity contribution in [1.29, 1.82) is 0 Å². The van der Waals surface area contributed by atoms with E-state index in [-0.39, 0.29) is 11.7 Å². The van der Waals surface area contributed by atoms with Crippen LogP contribution < -0.4 is 5.32 Å². The van der Waals surface area contributed by atoms with Gasteiger partial charge in [0.25, 0.3) is 0 Å². The molecule has 1 N–H and O–H groups in total. The Balaban J connectivity index is 1.36. The van der Waals surface area contributed by atoms with Crippen molar-refractivity contribution in [1.82, 2.24) is 24.7 Å². The number of aryl methyl sites for hydroxylation is 1. The summed E-state index contributed by atoms with van der Waals surface area (Å²) in [6.45, 7) is 2.03. The van der Waals surface area contributed by atoms with E-state index in [9.17, 15) is 4.79 Å². The highest BCUT2D eigenvalue weighted by molar-refractivity contribution is 7.99. The Morgan fingerprint density at radius 2 is 1.76 bits per heavy atom. The van der Waals surface area contributed by atoms with Gasteiger partial charge in [-0.15, -0.1) is 10.2 Å². The van der Waals surface area contributed by atoms with Gasteiger partial charge in [0.05, 0.1) is 23.8 Å². The number of nitrogens with one attached hydrogen (secondary N) is 1. The summed E-state index contributed by atoms with van der Waals surface area (Å²) in [6.07, 6.45) is 4.85. The molecule has 4 aromatic rings. The number of amides is 1. The Morgan fingerprint density at radius 3 is 2.48 bits per heavy atom. The van der Waals surface area contributed by atoms with Gasteiger partial charge in [0.2, 0.25) is 5.91 Å². The maximum absolute atomic E-state index is 12.3. The average molecular weight is 402 g/mol. The van der Waals surface area contributed by atoms with Crippen LogP contribution in [0.3, 0.4) is 0 Å². The molecule has 0 atom stereocenters. The molecule has 0 fully saturated rings. The summed E-state index contributed by atoms with van der Waals surface area (Å²) in [7, 11) is 0. The number of carbonyl (C=O) groups is 1. The lowest BCUT2D eigenvalue weighted by Gasteiger charge is -2.07. The van der Waals surface area contributed by atoms with Gasteiger partial charge < -0.3 is 5.32 Å². The van der Waals surface area contributed by atoms with Crippen molar-refractivity contribution in [2.24, 2.45) is 0 Å². The standard InChI is InChI=1S/C21H18N6OS/c1-15-7-9-18(10-8-15)27-14-24-26-21(27)29-13-19(28)25-17-11-22-20(23-12-17)16-5-3-2-4-6-16/h2-12,14H,13H2,1H3,(H,25,28). The number of rotatable bonds is 6. The highest BCUT2D eigenvalue weighted by atomic mass is 32.2. The fourth-order valence-electron chi connectivity index (χ4n) is 2.66. The minimum Gasteiger partial charge on any atom is -0.323 e. The van der Waals surface area contributed by atoms with E-state index in [1.807, 2.05) is 66.1 Å². The molecule has 2 aromatic carbocycles. The van der Waals surface area contributed by atoms with E-state index < -0.39 is 0 Å². The number of hydrogen-bond donors (Lipinski definition) is 1. The van der Waals surface area contributed by atoms with Crippen molar-refractivity contribution in [2.45, 2.75) is 12.1 Å². The maximum atomic E-state index is 12.3. The normalized spacial score (nSPS) is 10.7. The first-order chi connectivity index (χ1) is 14.2. The second-order valence-corrected chi connectivity index (χ2v) is 7.26. The van der Waals surface area contributed by atoms with E-state index in [2.05, 4.69) is 25.5 Å². The van der Waals surface area contributed by atoms with E-state index in [0.717, 1.165) is 11.3 Å². The zero-order valence-corrected chi connectivity index (χ0v) is 16.5. The lowest BCUT2D eigenvalue weighted by Crippen LogP contribution is -2.15. The zero-order valence-electron chi connectivity index (χ0n) is 15.7. The van der Waals surface area contributed by atoms with Gasteiger partial charge in [-0.3, -0.25) is 9.36 Å². The minimum atomic E-state index is -0.162. The van der Waals surface area contributed by atoms with Gasteiger partial charge in [-0.2, -0.15) is 0 Å². The molecule has 2 heterocycles. The van der Waals surface area contributed by atoms with E-state index >= 15 is 0 Å². The highest BCUT2D eigenvalue weighted by Gasteiger charge is 2.11. The predicted octanol–water partition coefficient (Wildman–Crippen LogP) is 3.76. The van der Waals surface area contributed by atoms with Gasteiger partial charge in [-0.05, 0) is 19.1 Å². The van der Waals surface area contributed by atoms with Crippen LogP contribution in [0.4, 0.5) is 5.69 Å². The molecule has 0 spiro atoms. The number of hydrogen-bond acceptors (Lipinski definition) is 6. The first-order valence-electron chi connectivity index (χ1n) is 8.96. The van der Waals surface area contributed by atoms with Crippen LogP contribution in [0.5, 0.6) is 0 Å². The van der Waals surface area contributed by atoms with Gasteiger partial charge >= 0.3 is 0 Å². The second-order valence-electron chi connectivity index (χ2n) is 6.32. The molecule has 0 saturated carbocycles. The number of thioether (sulfide) groups is 1. The topological polar surface area (TPSA) is 85.6 Å². The van der Waals surface area contributed by atoms with Gasteiger partial charge in [0, 0.05) is 11.3 Å². The average Bonchev–Trinajstić information content (AvgIpc) is 3.23. The summed E-state index contributed by atoms with van der Waals surface area (Å²) in [5.74, 6) is 0.652. The van der Waals surface area contributed by atoms with Crippen LogP contribution in [0.1, 0.15) is 5.56 Å². The van der Waals surface area contributed by atoms with Crippen molar-refractivity contribution in [3.63, 3.8) is 0 Å². The summed E-state index contributed by atoms with van der Waals surface area (Å²) >= 11 is 1.32. The van der Waals surface area contributed by atoms with Crippen LogP contribution in [0.15, 0.2) is 78.5 Å². The Hall–Kier alpha value is -3.52. The maximum Gasteiger partial charge on any atom is 0.234 e. The molecule has 29 heavy (non-hydrogen) atoms. The number of benzene rings is 2. The van der Waals surface area contributed by atoms with E-state index in [0.29, 0.717) is 16.7 Å². The molecular formula is C21H18N6OS.